The van der Waals surface area contributed by atoms with Gasteiger partial charge in [-0.1, -0.05) is 0 Å². The number of aryl methyl sites for hydroxylation is 1. The summed E-state index contributed by atoms with van der Waals surface area (Å²) in [7, 11) is 3.56. The summed E-state index contributed by atoms with van der Waals surface area (Å²) in [6, 6.07) is -0.306. The largest absolute Gasteiger partial charge is 0.462 e. The van der Waals surface area contributed by atoms with E-state index in [2.05, 4.69) is 5.32 Å². The number of hydrogen-bond acceptors (Lipinski definition) is 6. The summed E-state index contributed by atoms with van der Waals surface area (Å²) in [5.41, 5.74) is 1.32. The van der Waals surface area contributed by atoms with Crippen molar-refractivity contribution in [3.8, 4) is 0 Å². The smallest absolute Gasteiger partial charge is 0.341 e. The number of nitrogens with zero attached hydrogens (tertiary/aromatic N) is 1. The van der Waals surface area contributed by atoms with Crippen molar-refractivity contribution in [2.45, 2.75) is 40.2 Å². The fourth-order valence-corrected chi connectivity index (χ4v) is 3.28. The standard InChI is InChI=1S/C17H28N2O4S/c1-7-23-17(21)14-11(2)13(4)24-16(14)18-15(20)12(3)19(5)9-8-10-22-6/h12H,7-10H2,1-6H3,(H,18,20). The zero-order valence-corrected chi connectivity index (χ0v) is 16.2. The number of carbonyl (C=O) groups is 2. The molecule has 1 aromatic rings. The number of methoxy groups -OCH3 is 1. The average Bonchev–Trinajstić information content (AvgIpc) is 2.81. The van der Waals surface area contributed by atoms with Gasteiger partial charge in [0, 0.05) is 25.1 Å². The van der Waals surface area contributed by atoms with Crippen LogP contribution in [0.1, 0.15) is 41.1 Å². The molecule has 1 rings (SSSR count). The summed E-state index contributed by atoms with van der Waals surface area (Å²) in [5, 5.41) is 3.45. The van der Waals surface area contributed by atoms with E-state index in [1.807, 2.05) is 32.7 Å². The number of ether oxygens (including phenoxy) is 2. The number of thiophene rings is 1. The van der Waals surface area contributed by atoms with E-state index in [4.69, 9.17) is 9.47 Å². The van der Waals surface area contributed by atoms with Crippen molar-refractivity contribution in [2.24, 2.45) is 0 Å². The lowest BCUT2D eigenvalue weighted by molar-refractivity contribution is -0.120. The van der Waals surface area contributed by atoms with Crippen LogP contribution in [-0.4, -0.2) is 56.7 Å². The van der Waals surface area contributed by atoms with Crippen LogP contribution in [0.2, 0.25) is 0 Å². The molecule has 1 atom stereocenters. The molecule has 0 aliphatic carbocycles. The van der Waals surface area contributed by atoms with Gasteiger partial charge in [-0.25, -0.2) is 4.79 Å². The highest BCUT2D eigenvalue weighted by Gasteiger charge is 2.24. The number of carbonyl (C=O) groups excluding carboxylic acids is 2. The van der Waals surface area contributed by atoms with E-state index < -0.39 is 5.97 Å². The first-order valence-corrected chi connectivity index (χ1v) is 8.92. The fourth-order valence-electron chi connectivity index (χ4n) is 2.23. The lowest BCUT2D eigenvalue weighted by atomic mass is 10.1. The molecule has 0 spiro atoms. The van der Waals surface area contributed by atoms with Gasteiger partial charge in [-0.3, -0.25) is 9.69 Å². The lowest BCUT2D eigenvalue weighted by Crippen LogP contribution is -2.40. The molecule has 0 radical (unpaired) electrons. The Balaban J connectivity index is 2.83. The molecule has 0 saturated heterocycles. The summed E-state index contributed by atoms with van der Waals surface area (Å²) in [5.74, 6) is -0.530. The highest BCUT2D eigenvalue weighted by atomic mass is 32.1. The molecule has 1 heterocycles. The van der Waals surface area contributed by atoms with Crippen LogP contribution in [-0.2, 0) is 14.3 Å². The van der Waals surface area contributed by atoms with Crippen LogP contribution < -0.4 is 5.32 Å². The van der Waals surface area contributed by atoms with Gasteiger partial charge in [0.1, 0.15) is 5.00 Å². The number of nitrogens with one attached hydrogen (secondary N) is 1. The van der Waals surface area contributed by atoms with E-state index in [-0.39, 0.29) is 11.9 Å². The van der Waals surface area contributed by atoms with Crippen LogP contribution in [0.5, 0.6) is 0 Å². The Hall–Kier alpha value is -1.44. The van der Waals surface area contributed by atoms with Gasteiger partial charge >= 0.3 is 5.97 Å². The Bertz CT molecular complexity index is 571. The molecule has 1 amide bonds. The first kappa shape index (κ1) is 20.6. The van der Waals surface area contributed by atoms with Crippen molar-refractivity contribution in [2.75, 3.05) is 39.2 Å². The normalized spacial score (nSPS) is 12.3. The summed E-state index contributed by atoms with van der Waals surface area (Å²) in [4.78, 5) is 27.6. The molecule has 0 aliphatic rings. The third-order valence-corrected chi connectivity index (χ3v) is 5.12. The van der Waals surface area contributed by atoms with E-state index >= 15 is 0 Å². The van der Waals surface area contributed by atoms with Gasteiger partial charge in [-0.15, -0.1) is 11.3 Å². The predicted molar refractivity (Wildman–Crippen MR) is 97.0 cm³/mol. The number of rotatable bonds is 9. The highest BCUT2D eigenvalue weighted by molar-refractivity contribution is 7.16. The van der Waals surface area contributed by atoms with Crippen LogP contribution >= 0.6 is 11.3 Å². The first-order chi connectivity index (χ1) is 11.3. The Morgan fingerprint density at radius 1 is 1.33 bits per heavy atom. The first-order valence-electron chi connectivity index (χ1n) is 8.10. The van der Waals surface area contributed by atoms with Gasteiger partial charge in [0.25, 0.3) is 0 Å². The highest BCUT2D eigenvalue weighted by Crippen LogP contribution is 2.33. The third kappa shape index (κ3) is 5.29. The molecule has 1 unspecified atom stereocenters. The second kappa shape index (κ2) is 9.76. The summed E-state index contributed by atoms with van der Waals surface area (Å²) in [6.07, 6.45) is 0.857. The summed E-state index contributed by atoms with van der Waals surface area (Å²) >= 11 is 1.40. The zero-order chi connectivity index (χ0) is 18.3. The van der Waals surface area contributed by atoms with E-state index in [0.29, 0.717) is 23.8 Å². The van der Waals surface area contributed by atoms with Gasteiger partial charge in [-0.2, -0.15) is 0 Å². The lowest BCUT2D eigenvalue weighted by Gasteiger charge is -2.23. The van der Waals surface area contributed by atoms with Gasteiger partial charge in [0.15, 0.2) is 0 Å². The van der Waals surface area contributed by atoms with Crippen molar-refractivity contribution in [3.63, 3.8) is 0 Å². The molecule has 0 fully saturated rings. The van der Waals surface area contributed by atoms with Crippen molar-refractivity contribution in [1.82, 2.24) is 4.90 Å². The summed E-state index contributed by atoms with van der Waals surface area (Å²) < 4.78 is 10.1. The maximum atomic E-state index is 12.5. The Morgan fingerprint density at radius 2 is 2.00 bits per heavy atom. The molecule has 136 valence electrons. The van der Waals surface area contributed by atoms with Crippen LogP contribution in [0.15, 0.2) is 0 Å². The van der Waals surface area contributed by atoms with Gasteiger partial charge in [-0.05, 0) is 46.7 Å². The van der Waals surface area contributed by atoms with Crippen LogP contribution in [0, 0.1) is 13.8 Å². The molecule has 7 heteroatoms. The Labute approximate surface area is 148 Å². The summed E-state index contributed by atoms with van der Waals surface area (Å²) in [6.45, 7) is 9.14. The van der Waals surface area contributed by atoms with Crippen LogP contribution in [0.4, 0.5) is 5.00 Å². The second-order valence-electron chi connectivity index (χ2n) is 5.70. The second-order valence-corrected chi connectivity index (χ2v) is 6.92. The number of likely N-dealkylation sites (N-methyl/N-ethyl adjacent to an activating group) is 1. The molecule has 0 aliphatic heterocycles. The van der Waals surface area contributed by atoms with Crippen LogP contribution in [0.3, 0.4) is 0 Å². The van der Waals surface area contributed by atoms with Crippen molar-refractivity contribution < 1.29 is 19.1 Å². The minimum atomic E-state index is -0.393. The predicted octanol–water partition coefficient (Wildman–Crippen LogP) is 2.84. The van der Waals surface area contributed by atoms with Gasteiger partial charge in [0.2, 0.25) is 5.91 Å². The number of anilines is 1. The van der Waals surface area contributed by atoms with Crippen LogP contribution in [0.25, 0.3) is 0 Å². The minimum Gasteiger partial charge on any atom is -0.462 e. The van der Waals surface area contributed by atoms with Crippen molar-refractivity contribution in [3.05, 3.63) is 16.0 Å². The number of amides is 1. The molecule has 24 heavy (non-hydrogen) atoms. The molecule has 0 bridgehead atoms. The Kier molecular flexibility index (Phi) is 8.38. The molecular weight excluding hydrogens is 328 g/mol. The van der Waals surface area contributed by atoms with Crippen molar-refractivity contribution >= 4 is 28.2 Å². The molecular formula is C17H28N2O4S. The quantitative estimate of drug-likeness (QED) is 0.544. The molecule has 6 nitrogen and oxygen atoms in total. The monoisotopic (exact) mass is 356 g/mol. The van der Waals surface area contributed by atoms with E-state index in [0.717, 1.165) is 23.4 Å². The van der Waals surface area contributed by atoms with Gasteiger partial charge in [0.05, 0.1) is 18.2 Å². The zero-order valence-electron chi connectivity index (χ0n) is 15.4. The van der Waals surface area contributed by atoms with E-state index in [1.165, 1.54) is 11.3 Å². The molecule has 0 aromatic carbocycles. The molecule has 1 aromatic heterocycles. The fraction of sp³-hybridized carbons (Fsp3) is 0.647. The maximum Gasteiger partial charge on any atom is 0.341 e. The topological polar surface area (TPSA) is 67.9 Å². The minimum absolute atomic E-state index is 0.137. The Morgan fingerprint density at radius 3 is 2.58 bits per heavy atom. The number of hydrogen-bond donors (Lipinski definition) is 1. The number of esters is 1. The van der Waals surface area contributed by atoms with E-state index in [1.54, 1.807) is 14.0 Å². The SMILES string of the molecule is CCOC(=O)c1c(NC(=O)C(C)N(C)CCCOC)sc(C)c1C. The third-order valence-electron chi connectivity index (χ3n) is 4.00. The van der Waals surface area contributed by atoms with Crippen molar-refractivity contribution in [1.29, 1.82) is 0 Å². The maximum absolute atomic E-state index is 12.5. The van der Waals surface area contributed by atoms with E-state index in [9.17, 15) is 9.59 Å². The van der Waals surface area contributed by atoms with Gasteiger partial charge < -0.3 is 14.8 Å². The molecule has 1 N–H and O–H groups in total. The average molecular weight is 356 g/mol. The molecule has 0 saturated carbocycles.